The van der Waals surface area contributed by atoms with Crippen LogP contribution < -0.4 is 16.0 Å². The molecular weight excluding hydrogens is 340 g/mol. The number of pyridine rings is 1. The Labute approximate surface area is 160 Å². The van der Waals surface area contributed by atoms with Crippen molar-refractivity contribution in [1.29, 1.82) is 0 Å². The van der Waals surface area contributed by atoms with Gasteiger partial charge in [-0.3, -0.25) is 9.78 Å². The summed E-state index contributed by atoms with van der Waals surface area (Å²) < 4.78 is 0. The van der Waals surface area contributed by atoms with Gasteiger partial charge in [-0.25, -0.2) is 4.79 Å². The van der Waals surface area contributed by atoms with Gasteiger partial charge < -0.3 is 16.0 Å². The molecule has 3 N–H and O–H groups in total. The molecule has 0 fully saturated rings. The SMILES string of the molecule is Cc1c(NC(=O)N[C@H](C)Cc2cccnc2)cccc1C(=O)NCC(C)C. The lowest BCUT2D eigenvalue weighted by molar-refractivity contribution is 0.0948. The molecule has 6 heteroatoms. The van der Waals surface area contributed by atoms with Crippen LogP contribution in [0.25, 0.3) is 0 Å². The van der Waals surface area contributed by atoms with Gasteiger partial charge in [-0.1, -0.05) is 26.0 Å². The maximum Gasteiger partial charge on any atom is 0.319 e. The van der Waals surface area contributed by atoms with Crippen LogP contribution in [0.15, 0.2) is 42.7 Å². The van der Waals surface area contributed by atoms with Crippen molar-refractivity contribution in [3.63, 3.8) is 0 Å². The first-order chi connectivity index (χ1) is 12.9. The normalized spacial score (nSPS) is 11.7. The third-order valence-electron chi connectivity index (χ3n) is 4.14. The van der Waals surface area contributed by atoms with E-state index in [0.717, 1.165) is 11.1 Å². The van der Waals surface area contributed by atoms with Crippen molar-refractivity contribution >= 4 is 17.6 Å². The van der Waals surface area contributed by atoms with Crippen LogP contribution in [0.5, 0.6) is 0 Å². The minimum Gasteiger partial charge on any atom is -0.352 e. The summed E-state index contributed by atoms with van der Waals surface area (Å²) in [5, 5.41) is 8.66. The van der Waals surface area contributed by atoms with Crippen molar-refractivity contribution in [1.82, 2.24) is 15.6 Å². The third kappa shape index (κ3) is 6.40. The van der Waals surface area contributed by atoms with Crippen LogP contribution in [0.4, 0.5) is 10.5 Å². The number of hydrogen-bond donors (Lipinski definition) is 3. The Balaban J connectivity index is 1.97. The predicted molar refractivity (Wildman–Crippen MR) is 108 cm³/mol. The molecule has 0 saturated carbocycles. The summed E-state index contributed by atoms with van der Waals surface area (Å²) in [7, 11) is 0. The van der Waals surface area contributed by atoms with E-state index in [1.54, 1.807) is 30.6 Å². The lowest BCUT2D eigenvalue weighted by atomic mass is 10.1. The highest BCUT2D eigenvalue weighted by molar-refractivity contribution is 5.99. The molecule has 0 aliphatic heterocycles. The van der Waals surface area contributed by atoms with E-state index in [2.05, 4.69) is 20.9 Å². The monoisotopic (exact) mass is 368 g/mol. The summed E-state index contributed by atoms with van der Waals surface area (Å²) in [5.74, 6) is 0.248. The number of carbonyl (C=O) groups is 2. The van der Waals surface area contributed by atoms with E-state index in [4.69, 9.17) is 0 Å². The number of nitrogens with zero attached hydrogens (tertiary/aromatic N) is 1. The van der Waals surface area contributed by atoms with Gasteiger partial charge in [-0.05, 0) is 55.5 Å². The molecule has 27 heavy (non-hydrogen) atoms. The fourth-order valence-electron chi connectivity index (χ4n) is 2.71. The van der Waals surface area contributed by atoms with Gasteiger partial charge >= 0.3 is 6.03 Å². The molecule has 0 aliphatic rings. The van der Waals surface area contributed by atoms with Crippen molar-refractivity contribution in [2.24, 2.45) is 5.92 Å². The van der Waals surface area contributed by atoms with E-state index in [1.165, 1.54) is 0 Å². The van der Waals surface area contributed by atoms with Gasteiger partial charge in [0.1, 0.15) is 0 Å². The standard InChI is InChI=1S/C21H28N4O2/c1-14(2)12-23-20(26)18-8-5-9-19(16(18)4)25-21(27)24-15(3)11-17-7-6-10-22-13-17/h5-10,13-15H,11-12H2,1-4H3,(H,23,26)(H2,24,25,27)/t15-/m1/s1. The van der Waals surface area contributed by atoms with E-state index >= 15 is 0 Å². The van der Waals surface area contributed by atoms with E-state index < -0.39 is 0 Å². The number of benzene rings is 1. The maximum atomic E-state index is 12.3. The summed E-state index contributed by atoms with van der Waals surface area (Å²) in [5.41, 5.74) is 2.99. The maximum absolute atomic E-state index is 12.3. The third-order valence-corrected chi connectivity index (χ3v) is 4.14. The zero-order valence-corrected chi connectivity index (χ0v) is 16.4. The zero-order chi connectivity index (χ0) is 19.8. The first-order valence-electron chi connectivity index (χ1n) is 9.21. The summed E-state index contributed by atoms with van der Waals surface area (Å²) in [6.07, 6.45) is 4.21. The molecule has 1 aromatic carbocycles. The second-order valence-electron chi connectivity index (χ2n) is 7.15. The predicted octanol–water partition coefficient (Wildman–Crippen LogP) is 3.53. The minimum atomic E-state index is -0.297. The quantitative estimate of drug-likeness (QED) is 0.699. The number of rotatable bonds is 7. The second kappa shape index (κ2) is 9.71. The topological polar surface area (TPSA) is 83.1 Å². The number of nitrogens with one attached hydrogen (secondary N) is 3. The highest BCUT2D eigenvalue weighted by Gasteiger charge is 2.14. The number of amides is 3. The second-order valence-corrected chi connectivity index (χ2v) is 7.15. The smallest absolute Gasteiger partial charge is 0.319 e. The first-order valence-corrected chi connectivity index (χ1v) is 9.21. The van der Waals surface area contributed by atoms with Gasteiger partial charge in [0, 0.05) is 36.2 Å². The van der Waals surface area contributed by atoms with Crippen molar-refractivity contribution in [2.45, 2.75) is 40.2 Å². The molecule has 0 unspecified atom stereocenters. The van der Waals surface area contributed by atoms with Crippen molar-refractivity contribution in [3.8, 4) is 0 Å². The molecular formula is C21H28N4O2. The Hall–Kier alpha value is -2.89. The van der Waals surface area contributed by atoms with Gasteiger partial charge in [0.2, 0.25) is 0 Å². The van der Waals surface area contributed by atoms with Crippen LogP contribution in [0, 0.1) is 12.8 Å². The van der Waals surface area contributed by atoms with Crippen molar-refractivity contribution in [2.75, 3.05) is 11.9 Å². The number of anilines is 1. The van der Waals surface area contributed by atoms with Crippen molar-refractivity contribution < 1.29 is 9.59 Å². The van der Waals surface area contributed by atoms with E-state index in [1.807, 2.05) is 39.8 Å². The molecule has 144 valence electrons. The van der Waals surface area contributed by atoms with Gasteiger partial charge in [-0.15, -0.1) is 0 Å². The Morgan fingerprint density at radius 3 is 2.56 bits per heavy atom. The summed E-state index contributed by atoms with van der Waals surface area (Å²) in [6.45, 7) is 8.47. The summed E-state index contributed by atoms with van der Waals surface area (Å²) >= 11 is 0. The van der Waals surface area contributed by atoms with E-state index in [9.17, 15) is 9.59 Å². The molecule has 1 atom stereocenters. The fourth-order valence-corrected chi connectivity index (χ4v) is 2.71. The minimum absolute atomic E-state index is 0.0490. The molecule has 2 rings (SSSR count). The lowest BCUT2D eigenvalue weighted by Gasteiger charge is -2.17. The van der Waals surface area contributed by atoms with Gasteiger partial charge in [-0.2, -0.15) is 0 Å². The molecule has 1 aromatic heterocycles. The molecule has 0 spiro atoms. The van der Waals surface area contributed by atoms with Crippen molar-refractivity contribution in [3.05, 3.63) is 59.4 Å². The molecule has 0 bridgehead atoms. The van der Waals surface area contributed by atoms with Crippen LogP contribution in [-0.4, -0.2) is 29.5 Å². The Kier molecular flexibility index (Phi) is 7.34. The van der Waals surface area contributed by atoms with E-state index in [-0.39, 0.29) is 18.0 Å². The Morgan fingerprint density at radius 2 is 1.89 bits per heavy atom. The highest BCUT2D eigenvalue weighted by Crippen LogP contribution is 2.19. The van der Waals surface area contributed by atoms with Crippen LogP contribution in [0.1, 0.15) is 42.3 Å². The average Bonchev–Trinajstić information content (AvgIpc) is 2.62. The fraction of sp³-hybridized carbons (Fsp3) is 0.381. The van der Waals surface area contributed by atoms with Gasteiger partial charge in [0.15, 0.2) is 0 Å². The highest BCUT2D eigenvalue weighted by atomic mass is 16.2. The molecule has 3 amide bonds. The van der Waals surface area contributed by atoms with Gasteiger partial charge in [0.25, 0.3) is 5.91 Å². The first kappa shape index (κ1) is 20.4. The number of carbonyl (C=O) groups excluding carboxylic acids is 2. The number of hydrogen-bond acceptors (Lipinski definition) is 3. The zero-order valence-electron chi connectivity index (χ0n) is 16.4. The summed E-state index contributed by atoms with van der Waals surface area (Å²) in [4.78, 5) is 28.7. The Morgan fingerprint density at radius 1 is 1.11 bits per heavy atom. The molecule has 0 aliphatic carbocycles. The molecule has 2 aromatic rings. The average molecular weight is 368 g/mol. The Bertz CT molecular complexity index is 775. The number of aromatic nitrogens is 1. The van der Waals surface area contributed by atoms with Crippen LogP contribution in [-0.2, 0) is 6.42 Å². The van der Waals surface area contributed by atoms with Crippen LogP contribution in [0.3, 0.4) is 0 Å². The number of urea groups is 1. The van der Waals surface area contributed by atoms with Crippen LogP contribution in [0.2, 0.25) is 0 Å². The van der Waals surface area contributed by atoms with Crippen LogP contribution >= 0.6 is 0 Å². The lowest BCUT2D eigenvalue weighted by Crippen LogP contribution is -2.37. The van der Waals surface area contributed by atoms with Gasteiger partial charge in [0.05, 0.1) is 0 Å². The molecule has 0 saturated heterocycles. The van der Waals surface area contributed by atoms with E-state index in [0.29, 0.717) is 30.1 Å². The summed E-state index contributed by atoms with van der Waals surface area (Å²) in [6, 6.07) is 8.83. The molecule has 0 radical (unpaired) electrons. The molecule has 6 nitrogen and oxygen atoms in total. The molecule has 1 heterocycles. The largest absolute Gasteiger partial charge is 0.352 e.